The Kier molecular flexibility index (Phi) is 5.15. The number of hydrogen-bond donors (Lipinski definition) is 1. The standard InChI is InChI=1S/C19H13F6N5O2S/c1-29-10-11(9-26-29)17-15-8-13(28-33(31,32)19(23,24)25)4-7-16(15)30(27-17)14-5-2-12(3-6-14)18(20,21)22/h2-10,28H,1H3. The van der Waals surface area contributed by atoms with Gasteiger partial charge in [-0.05, 0) is 42.5 Å². The molecule has 2 heterocycles. The second kappa shape index (κ2) is 7.50. The predicted octanol–water partition coefficient (Wildman–Crippen LogP) is 4.71. The highest BCUT2D eigenvalue weighted by Gasteiger charge is 2.46. The third kappa shape index (κ3) is 4.25. The Labute approximate surface area is 182 Å². The van der Waals surface area contributed by atoms with Gasteiger partial charge in [-0.1, -0.05) is 0 Å². The zero-order valence-electron chi connectivity index (χ0n) is 16.5. The van der Waals surface area contributed by atoms with E-state index in [0.717, 1.165) is 24.3 Å². The largest absolute Gasteiger partial charge is 0.516 e. The summed E-state index contributed by atoms with van der Waals surface area (Å²) < 4.78 is 104. The number of rotatable bonds is 4. The molecule has 0 bridgehead atoms. The van der Waals surface area contributed by atoms with Crippen LogP contribution in [-0.2, 0) is 23.2 Å². The number of halogens is 6. The summed E-state index contributed by atoms with van der Waals surface area (Å²) in [7, 11) is -4.03. The first-order valence-electron chi connectivity index (χ1n) is 9.05. The molecule has 0 amide bonds. The maximum Gasteiger partial charge on any atom is 0.516 e. The molecule has 0 aliphatic heterocycles. The van der Waals surface area contributed by atoms with E-state index in [-0.39, 0.29) is 22.5 Å². The van der Waals surface area contributed by atoms with Gasteiger partial charge in [-0.3, -0.25) is 9.40 Å². The molecule has 33 heavy (non-hydrogen) atoms. The molecule has 0 fully saturated rings. The van der Waals surface area contributed by atoms with Crippen LogP contribution in [0.1, 0.15) is 5.56 Å². The minimum atomic E-state index is -5.66. The van der Waals surface area contributed by atoms with Gasteiger partial charge in [0.1, 0.15) is 5.69 Å². The van der Waals surface area contributed by atoms with Crippen LogP contribution in [0.5, 0.6) is 0 Å². The minimum absolute atomic E-state index is 0.242. The van der Waals surface area contributed by atoms with Crippen molar-refractivity contribution in [2.24, 2.45) is 7.05 Å². The summed E-state index contributed by atoms with van der Waals surface area (Å²) >= 11 is 0. The normalized spacial score (nSPS) is 12.9. The van der Waals surface area contributed by atoms with Crippen molar-refractivity contribution < 1.29 is 34.8 Å². The van der Waals surface area contributed by atoms with Gasteiger partial charge in [0.2, 0.25) is 0 Å². The lowest BCUT2D eigenvalue weighted by molar-refractivity contribution is -0.137. The Balaban J connectivity index is 1.87. The molecule has 0 unspecified atom stereocenters. The van der Waals surface area contributed by atoms with Gasteiger partial charge in [-0.2, -0.15) is 45.0 Å². The van der Waals surface area contributed by atoms with E-state index in [1.54, 1.807) is 13.2 Å². The Morgan fingerprint density at radius 2 is 1.64 bits per heavy atom. The average Bonchev–Trinajstić information content (AvgIpc) is 3.29. The van der Waals surface area contributed by atoms with E-state index in [4.69, 9.17) is 0 Å². The Morgan fingerprint density at radius 3 is 2.18 bits per heavy atom. The zero-order valence-corrected chi connectivity index (χ0v) is 17.3. The summed E-state index contributed by atoms with van der Waals surface area (Å²) in [5.41, 5.74) is -5.46. The summed E-state index contributed by atoms with van der Waals surface area (Å²) in [6, 6.07) is 7.71. The summed E-state index contributed by atoms with van der Waals surface area (Å²) in [6.07, 6.45) is -1.52. The van der Waals surface area contributed by atoms with E-state index in [9.17, 15) is 34.8 Å². The second-order valence-corrected chi connectivity index (χ2v) is 8.66. The number of benzene rings is 2. The Morgan fingerprint density at radius 1 is 0.970 bits per heavy atom. The lowest BCUT2D eigenvalue weighted by Gasteiger charge is -2.11. The number of nitrogens with zero attached hydrogens (tertiary/aromatic N) is 4. The Bertz CT molecular complexity index is 1440. The van der Waals surface area contributed by atoms with Gasteiger partial charge in [0.15, 0.2) is 0 Å². The smallest absolute Gasteiger partial charge is 0.276 e. The number of nitrogens with one attached hydrogen (secondary N) is 1. The number of sulfonamides is 1. The van der Waals surface area contributed by atoms with Crippen LogP contribution in [0.25, 0.3) is 27.8 Å². The third-order valence-corrected chi connectivity index (χ3v) is 5.77. The van der Waals surface area contributed by atoms with Crippen LogP contribution in [0, 0.1) is 0 Å². The minimum Gasteiger partial charge on any atom is -0.276 e. The van der Waals surface area contributed by atoms with Crippen molar-refractivity contribution in [2.75, 3.05) is 4.72 Å². The molecule has 14 heteroatoms. The van der Waals surface area contributed by atoms with E-state index >= 15 is 0 Å². The summed E-state index contributed by atoms with van der Waals surface area (Å²) in [5, 5.41) is 8.68. The number of aromatic nitrogens is 4. The van der Waals surface area contributed by atoms with Gasteiger partial charge in [0, 0.05) is 29.9 Å². The quantitative estimate of drug-likeness (QED) is 0.421. The zero-order chi connectivity index (χ0) is 24.2. The third-order valence-electron chi connectivity index (χ3n) is 4.65. The van der Waals surface area contributed by atoms with Crippen molar-refractivity contribution in [3.63, 3.8) is 0 Å². The molecule has 174 valence electrons. The van der Waals surface area contributed by atoms with Gasteiger partial charge in [0.25, 0.3) is 0 Å². The molecule has 0 aliphatic rings. The maximum absolute atomic E-state index is 12.9. The van der Waals surface area contributed by atoms with E-state index in [1.165, 1.54) is 38.5 Å². The average molecular weight is 489 g/mol. The van der Waals surface area contributed by atoms with Gasteiger partial charge >= 0.3 is 21.7 Å². The molecule has 0 aliphatic carbocycles. The number of anilines is 1. The fourth-order valence-electron chi connectivity index (χ4n) is 3.14. The van der Waals surface area contributed by atoms with E-state index < -0.39 is 27.3 Å². The van der Waals surface area contributed by atoms with Crippen molar-refractivity contribution in [3.05, 3.63) is 60.4 Å². The molecule has 0 radical (unpaired) electrons. The Hall–Kier alpha value is -3.55. The SMILES string of the molecule is Cn1cc(-c2nn(-c3ccc(C(F)(F)F)cc3)c3ccc(NS(=O)(=O)C(F)(F)F)cc23)cn1. The molecule has 0 atom stereocenters. The van der Waals surface area contributed by atoms with Gasteiger partial charge < -0.3 is 0 Å². The molecule has 0 spiro atoms. The summed E-state index contributed by atoms with van der Waals surface area (Å²) in [6.45, 7) is 0. The van der Waals surface area contributed by atoms with Crippen molar-refractivity contribution in [1.29, 1.82) is 0 Å². The van der Waals surface area contributed by atoms with Gasteiger partial charge in [-0.25, -0.2) is 4.68 Å². The molecule has 0 saturated heterocycles. The van der Waals surface area contributed by atoms with E-state index in [0.29, 0.717) is 11.1 Å². The summed E-state index contributed by atoms with van der Waals surface area (Å²) in [4.78, 5) is 0. The van der Waals surface area contributed by atoms with Crippen molar-refractivity contribution in [1.82, 2.24) is 19.6 Å². The number of fused-ring (bicyclic) bond motifs is 1. The van der Waals surface area contributed by atoms with Crippen LogP contribution < -0.4 is 4.72 Å². The van der Waals surface area contributed by atoms with Crippen LogP contribution in [0.3, 0.4) is 0 Å². The first kappa shape index (κ1) is 22.6. The molecular weight excluding hydrogens is 476 g/mol. The molecule has 2 aromatic carbocycles. The highest BCUT2D eigenvalue weighted by Crippen LogP contribution is 2.34. The topological polar surface area (TPSA) is 81.8 Å². The lowest BCUT2D eigenvalue weighted by atomic mass is 10.1. The first-order chi connectivity index (χ1) is 15.3. The van der Waals surface area contributed by atoms with Crippen LogP contribution in [-0.4, -0.2) is 33.5 Å². The number of hydrogen-bond acceptors (Lipinski definition) is 4. The predicted molar refractivity (Wildman–Crippen MR) is 107 cm³/mol. The van der Waals surface area contributed by atoms with E-state index in [2.05, 4.69) is 10.2 Å². The summed E-state index contributed by atoms with van der Waals surface area (Å²) in [5.74, 6) is 0. The molecule has 2 aromatic heterocycles. The fraction of sp³-hybridized carbons (Fsp3) is 0.158. The fourth-order valence-corrected chi connectivity index (χ4v) is 3.69. The molecular formula is C19H13F6N5O2S. The monoisotopic (exact) mass is 489 g/mol. The highest BCUT2D eigenvalue weighted by molar-refractivity contribution is 7.93. The second-order valence-electron chi connectivity index (χ2n) is 6.99. The van der Waals surface area contributed by atoms with Gasteiger partial charge in [-0.15, -0.1) is 0 Å². The van der Waals surface area contributed by atoms with Crippen LogP contribution >= 0.6 is 0 Å². The maximum atomic E-state index is 12.9. The molecule has 7 nitrogen and oxygen atoms in total. The number of aryl methyl sites for hydroxylation is 1. The molecule has 1 N–H and O–H groups in total. The van der Waals surface area contributed by atoms with Crippen molar-refractivity contribution >= 4 is 26.6 Å². The van der Waals surface area contributed by atoms with Crippen LogP contribution in [0.4, 0.5) is 32.0 Å². The van der Waals surface area contributed by atoms with Crippen LogP contribution in [0.15, 0.2) is 54.9 Å². The highest BCUT2D eigenvalue weighted by atomic mass is 32.2. The van der Waals surface area contributed by atoms with Crippen molar-refractivity contribution in [2.45, 2.75) is 11.7 Å². The van der Waals surface area contributed by atoms with Crippen LogP contribution in [0.2, 0.25) is 0 Å². The first-order valence-corrected chi connectivity index (χ1v) is 10.5. The molecule has 4 aromatic rings. The van der Waals surface area contributed by atoms with Gasteiger partial charge in [0.05, 0.1) is 23.0 Å². The molecule has 4 rings (SSSR count). The molecule has 0 saturated carbocycles. The van der Waals surface area contributed by atoms with Crippen molar-refractivity contribution in [3.8, 4) is 16.9 Å². The van der Waals surface area contributed by atoms with E-state index in [1.807, 2.05) is 0 Å². The number of alkyl halides is 6. The lowest BCUT2D eigenvalue weighted by Crippen LogP contribution is -2.29.